The van der Waals surface area contributed by atoms with Gasteiger partial charge in [0.25, 0.3) is 0 Å². The number of nitrogens with two attached hydrogens (primary N) is 1. The molecular formula is C12H22N4O. The van der Waals surface area contributed by atoms with Crippen molar-refractivity contribution in [2.45, 2.75) is 25.4 Å². The maximum atomic E-state index is 6.14. The number of ether oxygens (including phenoxy) is 1. The number of hydrogen-bond acceptors (Lipinski definition) is 4. The molecule has 0 radical (unpaired) electrons. The van der Waals surface area contributed by atoms with E-state index in [9.17, 15) is 0 Å². The Morgan fingerprint density at radius 2 is 2.24 bits per heavy atom. The van der Waals surface area contributed by atoms with Gasteiger partial charge in [0, 0.05) is 44.5 Å². The number of hydrogen-bond donors (Lipinski definition) is 1. The highest BCUT2D eigenvalue weighted by Gasteiger charge is 2.25. The maximum Gasteiger partial charge on any atom is 0.0593 e. The third kappa shape index (κ3) is 3.06. The van der Waals surface area contributed by atoms with Gasteiger partial charge in [-0.1, -0.05) is 0 Å². The monoisotopic (exact) mass is 238 g/mol. The van der Waals surface area contributed by atoms with Crippen molar-refractivity contribution >= 4 is 0 Å². The molecule has 2 unspecified atom stereocenters. The van der Waals surface area contributed by atoms with Crippen LogP contribution in [0.4, 0.5) is 0 Å². The lowest BCUT2D eigenvalue weighted by atomic mass is 10.0. The van der Waals surface area contributed by atoms with Crippen LogP contribution in [0.2, 0.25) is 0 Å². The topological polar surface area (TPSA) is 56.3 Å². The molecule has 5 heteroatoms. The quantitative estimate of drug-likeness (QED) is 0.834. The van der Waals surface area contributed by atoms with Crippen LogP contribution >= 0.6 is 0 Å². The third-order valence-corrected chi connectivity index (χ3v) is 3.21. The van der Waals surface area contributed by atoms with Gasteiger partial charge in [0.1, 0.15) is 0 Å². The van der Waals surface area contributed by atoms with Gasteiger partial charge in [-0.15, -0.1) is 0 Å². The van der Waals surface area contributed by atoms with Gasteiger partial charge in [-0.05, 0) is 13.3 Å². The highest BCUT2D eigenvalue weighted by molar-refractivity contribution is 5.13. The zero-order valence-electron chi connectivity index (χ0n) is 10.7. The number of rotatable bonds is 3. The summed E-state index contributed by atoms with van der Waals surface area (Å²) in [6, 6.07) is 0.336. The van der Waals surface area contributed by atoms with Gasteiger partial charge in [0.2, 0.25) is 0 Å². The second-order valence-corrected chi connectivity index (χ2v) is 4.75. The Bertz CT molecular complexity index is 342. The Balaban J connectivity index is 2.15. The molecule has 0 bridgehead atoms. The minimum Gasteiger partial charge on any atom is -0.380 e. The predicted octanol–water partition coefficient (Wildman–Crippen LogP) is 0.531. The summed E-state index contributed by atoms with van der Waals surface area (Å²) in [5.41, 5.74) is 7.34. The Morgan fingerprint density at radius 1 is 1.41 bits per heavy atom. The molecule has 1 aromatic heterocycles. The summed E-state index contributed by atoms with van der Waals surface area (Å²) in [5, 5.41) is 4.24. The smallest absolute Gasteiger partial charge is 0.0593 e. The zero-order chi connectivity index (χ0) is 12.3. The van der Waals surface area contributed by atoms with Crippen LogP contribution in [0.5, 0.6) is 0 Å². The molecule has 1 aliphatic heterocycles. The first kappa shape index (κ1) is 12.5. The van der Waals surface area contributed by atoms with Crippen LogP contribution in [-0.4, -0.2) is 47.0 Å². The van der Waals surface area contributed by atoms with Gasteiger partial charge < -0.3 is 10.5 Å². The Morgan fingerprint density at radius 3 is 2.88 bits per heavy atom. The van der Waals surface area contributed by atoms with Crippen molar-refractivity contribution in [1.29, 1.82) is 0 Å². The van der Waals surface area contributed by atoms with E-state index in [0.29, 0.717) is 0 Å². The number of nitrogens with zero attached hydrogens (tertiary/aromatic N) is 3. The summed E-state index contributed by atoms with van der Waals surface area (Å²) in [4.78, 5) is 2.41. The normalized spacial score (nSPS) is 22.1. The maximum absolute atomic E-state index is 6.14. The second-order valence-electron chi connectivity index (χ2n) is 4.75. The van der Waals surface area contributed by atoms with E-state index in [1.165, 1.54) is 5.56 Å². The number of aryl methyl sites for hydroxylation is 1. The van der Waals surface area contributed by atoms with Crippen molar-refractivity contribution in [2.75, 3.05) is 26.3 Å². The molecule has 96 valence electrons. The average Bonchev–Trinajstić information content (AvgIpc) is 2.53. The molecule has 2 atom stereocenters. The summed E-state index contributed by atoms with van der Waals surface area (Å²) in [7, 11) is 1.94. The Labute approximate surface area is 103 Å². The Kier molecular flexibility index (Phi) is 4.15. The summed E-state index contributed by atoms with van der Waals surface area (Å²) in [6.07, 6.45) is 5.04. The summed E-state index contributed by atoms with van der Waals surface area (Å²) < 4.78 is 7.32. The van der Waals surface area contributed by atoms with E-state index in [-0.39, 0.29) is 12.1 Å². The molecule has 1 fully saturated rings. The van der Waals surface area contributed by atoms with Crippen LogP contribution in [0.15, 0.2) is 12.4 Å². The van der Waals surface area contributed by atoms with Gasteiger partial charge in [-0.25, -0.2) is 0 Å². The minimum absolute atomic E-state index is 0.0947. The van der Waals surface area contributed by atoms with Gasteiger partial charge in [-0.2, -0.15) is 5.10 Å². The molecule has 5 nitrogen and oxygen atoms in total. The summed E-state index contributed by atoms with van der Waals surface area (Å²) in [5.74, 6) is 0. The molecule has 1 aromatic rings. The lowest BCUT2D eigenvalue weighted by molar-refractivity contribution is 0.127. The summed E-state index contributed by atoms with van der Waals surface area (Å²) >= 11 is 0. The van der Waals surface area contributed by atoms with Crippen LogP contribution in [0.1, 0.15) is 24.9 Å². The van der Waals surface area contributed by atoms with Crippen molar-refractivity contribution in [3.8, 4) is 0 Å². The highest BCUT2D eigenvalue weighted by Crippen LogP contribution is 2.23. The van der Waals surface area contributed by atoms with E-state index in [1.807, 2.05) is 17.9 Å². The molecule has 0 spiro atoms. The van der Waals surface area contributed by atoms with Crippen LogP contribution in [0, 0.1) is 0 Å². The first-order chi connectivity index (χ1) is 8.18. The molecule has 1 aliphatic rings. The lowest BCUT2D eigenvalue weighted by Crippen LogP contribution is -2.40. The van der Waals surface area contributed by atoms with Crippen LogP contribution in [-0.2, 0) is 11.8 Å². The number of aromatic nitrogens is 2. The van der Waals surface area contributed by atoms with Gasteiger partial charge in [0.15, 0.2) is 0 Å². The molecule has 0 aliphatic carbocycles. The average molecular weight is 238 g/mol. The molecule has 0 amide bonds. The lowest BCUT2D eigenvalue weighted by Gasteiger charge is -2.32. The minimum atomic E-state index is 0.0947. The molecule has 17 heavy (non-hydrogen) atoms. The largest absolute Gasteiger partial charge is 0.380 e. The van der Waals surface area contributed by atoms with E-state index < -0.39 is 0 Å². The van der Waals surface area contributed by atoms with Crippen molar-refractivity contribution in [3.63, 3.8) is 0 Å². The fourth-order valence-electron chi connectivity index (χ4n) is 2.48. The molecule has 2 heterocycles. The second kappa shape index (κ2) is 5.62. The highest BCUT2D eigenvalue weighted by atomic mass is 16.5. The van der Waals surface area contributed by atoms with E-state index in [2.05, 4.69) is 23.1 Å². The fraction of sp³-hybridized carbons (Fsp3) is 0.750. The van der Waals surface area contributed by atoms with Crippen molar-refractivity contribution in [3.05, 3.63) is 18.0 Å². The molecular weight excluding hydrogens is 216 g/mol. The van der Waals surface area contributed by atoms with Crippen LogP contribution in [0.3, 0.4) is 0 Å². The molecule has 0 saturated carbocycles. The predicted molar refractivity (Wildman–Crippen MR) is 66.6 cm³/mol. The van der Waals surface area contributed by atoms with Gasteiger partial charge in [-0.3, -0.25) is 9.58 Å². The van der Waals surface area contributed by atoms with Crippen molar-refractivity contribution in [2.24, 2.45) is 12.8 Å². The Hall–Kier alpha value is -0.910. The van der Waals surface area contributed by atoms with Gasteiger partial charge in [0.05, 0.1) is 18.8 Å². The van der Waals surface area contributed by atoms with E-state index in [0.717, 1.165) is 32.7 Å². The summed E-state index contributed by atoms with van der Waals surface area (Å²) in [6.45, 7) is 5.70. The van der Waals surface area contributed by atoms with Gasteiger partial charge >= 0.3 is 0 Å². The third-order valence-electron chi connectivity index (χ3n) is 3.21. The van der Waals surface area contributed by atoms with Crippen LogP contribution < -0.4 is 5.73 Å². The van der Waals surface area contributed by atoms with Crippen molar-refractivity contribution < 1.29 is 4.74 Å². The molecule has 2 rings (SSSR count). The molecule has 1 saturated heterocycles. The molecule has 2 N–H and O–H groups in total. The van der Waals surface area contributed by atoms with Crippen molar-refractivity contribution in [1.82, 2.24) is 14.7 Å². The SMILES string of the molecule is CC(N)C(c1cnn(C)c1)N1CCCOCC1. The zero-order valence-corrected chi connectivity index (χ0v) is 10.7. The fourth-order valence-corrected chi connectivity index (χ4v) is 2.48. The molecule has 0 aromatic carbocycles. The van der Waals surface area contributed by atoms with E-state index >= 15 is 0 Å². The standard InChI is InChI=1S/C12H22N4O/c1-10(13)12(11-8-14-15(2)9-11)16-4-3-6-17-7-5-16/h8-10,12H,3-7,13H2,1-2H3. The first-order valence-electron chi connectivity index (χ1n) is 6.24. The van der Waals surface area contributed by atoms with Crippen LogP contribution in [0.25, 0.3) is 0 Å². The van der Waals surface area contributed by atoms with E-state index in [1.54, 1.807) is 0 Å². The first-order valence-corrected chi connectivity index (χ1v) is 6.24. The van der Waals surface area contributed by atoms with E-state index in [4.69, 9.17) is 10.5 Å².